The SMILES string of the molecule is Cc1cc(-n2c(C)cc(C(=O)O)c2C)ccn1. The van der Waals surface area contributed by atoms with Crippen LogP contribution in [-0.2, 0) is 0 Å². The minimum Gasteiger partial charge on any atom is -0.478 e. The lowest BCUT2D eigenvalue weighted by Gasteiger charge is -2.09. The van der Waals surface area contributed by atoms with Crippen molar-refractivity contribution in [1.82, 2.24) is 9.55 Å². The molecule has 0 aliphatic carbocycles. The highest BCUT2D eigenvalue weighted by Crippen LogP contribution is 2.20. The lowest BCUT2D eigenvalue weighted by molar-refractivity contribution is 0.0696. The maximum Gasteiger partial charge on any atom is 0.337 e. The highest BCUT2D eigenvalue weighted by Gasteiger charge is 2.15. The third kappa shape index (κ3) is 1.93. The number of pyridine rings is 1. The van der Waals surface area contributed by atoms with Gasteiger partial charge in [0.05, 0.1) is 5.56 Å². The molecule has 2 aromatic heterocycles. The van der Waals surface area contributed by atoms with Crippen LogP contribution in [0.4, 0.5) is 0 Å². The van der Waals surface area contributed by atoms with Crippen molar-refractivity contribution in [2.75, 3.05) is 0 Å². The maximum atomic E-state index is 11.1. The number of carboxylic acid groups (broad SMARTS) is 1. The molecule has 0 atom stereocenters. The van der Waals surface area contributed by atoms with Crippen molar-refractivity contribution in [1.29, 1.82) is 0 Å². The van der Waals surface area contributed by atoms with E-state index in [2.05, 4.69) is 4.98 Å². The first-order chi connectivity index (χ1) is 8.00. The standard InChI is InChI=1S/C13H14N2O2/c1-8-6-11(4-5-14-8)15-9(2)7-12(10(15)3)13(16)17/h4-7H,1-3H3,(H,16,17). The average molecular weight is 230 g/mol. The second kappa shape index (κ2) is 4.05. The molecule has 17 heavy (non-hydrogen) atoms. The van der Waals surface area contributed by atoms with Crippen LogP contribution in [0.1, 0.15) is 27.4 Å². The lowest BCUT2D eigenvalue weighted by Crippen LogP contribution is -2.03. The molecule has 0 saturated carbocycles. The Kier molecular flexibility index (Phi) is 2.71. The Hall–Kier alpha value is -2.10. The van der Waals surface area contributed by atoms with E-state index in [1.165, 1.54) is 0 Å². The molecule has 0 aliphatic rings. The summed E-state index contributed by atoms with van der Waals surface area (Å²) in [5.74, 6) is -0.893. The van der Waals surface area contributed by atoms with Crippen LogP contribution in [0.3, 0.4) is 0 Å². The first kappa shape index (κ1) is 11.4. The number of carboxylic acids is 1. The van der Waals surface area contributed by atoms with Crippen molar-refractivity contribution in [3.63, 3.8) is 0 Å². The van der Waals surface area contributed by atoms with Crippen LogP contribution in [0.5, 0.6) is 0 Å². The first-order valence-electron chi connectivity index (χ1n) is 5.36. The van der Waals surface area contributed by atoms with Gasteiger partial charge in [-0.25, -0.2) is 4.79 Å². The number of aryl methyl sites for hydroxylation is 2. The zero-order valence-electron chi connectivity index (χ0n) is 10.1. The second-order valence-electron chi connectivity index (χ2n) is 4.08. The summed E-state index contributed by atoms with van der Waals surface area (Å²) < 4.78 is 1.93. The number of hydrogen-bond donors (Lipinski definition) is 1. The van der Waals surface area contributed by atoms with Gasteiger partial charge in [-0.15, -0.1) is 0 Å². The van der Waals surface area contributed by atoms with Crippen molar-refractivity contribution in [3.05, 3.63) is 47.0 Å². The van der Waals surface area contributed by atoms with Gasteiger partial charge in [-0.3, -0.25) is 4.98 Å². The second-order valence-corrected chi connectivity index (χ2v) is 4.08. The topological polar surface area (TPSA) is 55.1 Å². The zero-order valence-corrected chi connectivity index (χ0v) is 10.1. The number of hydrogen-bond acceptors (Lipinski definition) is 2. The molecule has 0 spiro atoms. The van der Waals surface area contributed by atoms with Gasteiger partial charge < -0.3 is 9.67 Å². The third-order valence-electron chi connectivity index (χ3n) is 2.80. The number of aromatic carboxylic acids is 1. The summed E-state index contributed by atoms with van der Waals surface area (Å²) in [4.78, 5) is 15.2. The molecule has 0 aliphatic heterocycles. The lowest BCUT2D eigenvalue weighted by atomic mass is 10.2. The van der Waals surface area contributed by atoms with Crippen LogP contribution in [0.15, 0.2) is 24.4 Å². The molecular formula is C13H14N2O2. The number of aromatic nitrogens is 2. The molecular weight excluding hydrogens is 216 g/mol. The fourth-order valence-electron chi connectivity index (χ4n) is 2.05. The molecule has 0 amide bonds. The molecule has 0 saturated heterocycles. The Morgan fingerprint density at radius 2 is 2.00 bits per heavy atom. The van der Waals surface area contributed by atoms with Crippen LogP contribution in [0.25, 0.3) is 5.69 Å². The van der Waals surface area contributed by atoms with E-state index in [1.807, 2.05) is 37.5 Å². The van der Waals surface area contributed by atoms with E-state index in [4.69, 9.17) is 5.11 Å². The molecule has 1 N–H and O–H groups in total. The summed E-state index contributed by atoms with van der Waals surface area (Å²) in [6.07, 6.45) is 1.73. The average Bonchev–Trinajstić information content (AvgIpc) is 2.54. The van der Waals surface area contributed by atoms with E-state index in [-0.39, 0.29) is 0 Å². The predicted molar refractivity (Wildman–Crippen MR) is 64.7 cm³/mol. The molecule has 0 bridgehead atoms. The number of nitrogens with zero attached hydrogens (tertiary/aromatic N) is 2. The first-order valence-corrected chi connectivity index (χ1v) is 5.36. The maximum absolute atomic E-state index is 11.1. The van der Waals surface area contributed by atoms with E-state index in [9.17, 15) is 4.79 Å². The van der Waals surface area contributed by atoms with Crippen LogP contribution in [0, 0.1) is 20.8 Å². The highest BCUT2D eigenvalue weighted by atomic mass is 16.4. The molecule has 88 valence electrons. The van der Waals surface area contributed by atoms with Gasteiger partial charge in [-0.2, -0.15) is 0 Å². The van der Waals surface area contributed by atoms with Crippen molar-refractivity contribution in [3.8, 4) is 5.69 Å². The normalized spacial score (nSPS) is 10.5. The molecule has 2 rings (SSSR count). The van der Waals surface area contributed by atoms with E-state index in [0.29, 0.717) is 5.56 Å². The van der Waals surface area contributed by atoms with E-state index >= 15 is 0 Å². The number of rotatable bonds is 2. The number of carbonyl (C=O) groups is 1. The van der Waals surface area contributed by atoms with Gasteiger partial charge >= 0.3 is 5.97 Å². The third-order valence-corrected chi connectivity index (χ3v) is 2.80. The van der Waals surface area contributed by atoms with E-state index in [0.717, 1.165) is 22.8 Å². The smallest absolute Gasteiger partial charge is 0.337 e. The van der Waals surface area contributed by atoms with Gasteiger partial charge in [0.2, 0.25) is 0 Å². The summed E-state index contributed by atoms with van der Waals surface area (Å²) in [5.41, 5.74) is 3.84. The Balaban J connectivity index is 2.64. The summed E-state index contributed by atoms with van der Waals surface area (Å²) in [7, 11) is 0. The van der Waals surface area contributed by atoms with Gasteiger partial charge in [0.15, 0.2) is 0 Å². The molecule has 0 radical (unpaired) electrons. The Morgan fingerprint density at radius 1 is 1.29 bits per heavy atom. The minimum absolute atomic E-state index is 0.344. The van der Waals surface area contributed by atoms with Gasteiger partial charge in [-0.05, 0) is 39.0 Å². The van der Waals surface area contributed by atoms with Crippen molar-refractivity contribution >= 4 is 5.97 Å². The quantitative estimate of drug-likeness (QED) is 0.862. The fraction of sp³-hybridized carbons (Fsp3) is 0.231. The Bertz CT molecular complexity index is 585. The van der Waals surface area contributed by atoms with Crippen LogP contribution < -0.4 is 0 Å². The van der Waals surface area contributed by atoms with Gasteiger partial charge in [-0.1, -0.05) is 0 Å². The molecule has 0 aromatic carbocycles. The molecule has 4 nitrogen and oxygen atoms in total. The van der Waals surface area contributed by atoms with Crippen LogP contribution in [-0.4, -0.2) is 20.6 Å². The Morgan fingerprint density at radius 3 is 2.53 bits per heavy atom. The molecule has 2 heterocycles. The van der Waals surface area contributed by atoms with E-state index < -0.39 is 5.97 Å². The van der Waals surface area contributed by atoms with Crippen LogP contribution in [0.2, 0.25) is 0 Å². The van der Waals surface area contributed by atoms with Crippen molar-refractivity contribution < 1.29 is 9.90 Å². The molecule has 2 aromatic rings. The predicted octanol–water partition coefficient (Wildman–Crippen LogP) is 2.50. The zero-order chi connectivity index (χ0) is 12.6. The summed E-state index contributed by atoms with van der Waals surface area (Å²) in [6, 6.07) is 5.50. The van der Waals surface area contributed by atoms with Crippen LogP contribution >= 0.6 is 0 Å². The van der Waals surface area contributed by atoms with E-state index in [1.54, 1.807) is 12.3 Å². The summed E-state index contributed by atoms with van der Waals surface area (Å²) >= 11 is 0. The van der Waals surface area contributed by atoms with Crippen molar-refractivity contribution in [2.24, 2.45) is 0 Å². The van der Waals surface area contributed by atoms with Gasteiger partial charge in [0.25, 0.3) is 0 Å². The fourth-order valence-corrected chi connectivity index (χ4v) is 2.05. The largest absolute Gasteiger partial charge is 0.478 e. The van der Waals surface area contributed by atoms with Gasteiger partial charge in [0.1, 0.15) is 0 Å². The monoisotopic (exact) mass is 230 g/mol. The summed E-state index contributed by atoms with van der Waals surface area (Å²) in [6.45, 7) is 5.62. The summed E-state index contributed by atoms with van der Waals surface area (Å²) in [5, 5.41) is 9.08. The molecule has 0 fully saturated rings. The van der Waals surface area contributed by atoms with Crippen molar-refractivity contribution in [2.45, 2.75) is 20.8 Å². The molecule has 4 heteroatoms. The minimum atomic E-state index is -0.893. The van der Waals surface area contributed by atoms with Gasteiger partial charge in [0, 0.05) is 29.0 Å². The highest BCUT2D eigenvalue weighted by molar-refractivity contribution is 5.89. The Labute approximate surface area is 99.5 Å². The molecule has 0 unspecified atom stereocenters.